The van der Waals surface area contributed by atoms with E-state index in [-0.39, 0.29) is 18.8 Å². The molecule has 0 N–H and O–H groups in total. The van der Waals surface area contributed by atoms with Crippen molar-refractivity contribution in [2.24, 2.45) is 0 Å². The lowest BCUT2D eigenvalue weighted by Crippen LogP contribution is -2.47. The predicted octanol–water partition coefficient (Wildman–Crippen LogP) is 2.52. The van der Waals surface area contributed by atoms with Crippen LogP contribution in [0.4, 0.5) is 4.79 Å². The van der Waals surface area contributed by atoms with Crippen LogP contribution in [-0.4, -0.2) is 60.1 Å². The molecule has 1 aromatic carbocycles. The van der Waals surface area contributed by atoms with Crippen LogP contribution in [0, 0.1) is 0 Å². The van der Waals surface area contributed by atoms with Crippen LogP contribution in [0.1, 0.15) is 33.3 Å². The van der Waals surface area contributed by atoms with Gasteiger partial charge in [0.1, 0.15) is 30.0 Å². The Kier molecular flexibility index (Phi) is 5.72. The van der Waals surface area contributed by atoms with Gasteiger partial charge in [0.25, 0.3) is 0 Å². The number of likely N-dealkylation sites (tertiary alicyclic amines) is 1. The Bertz CT molecular complexity index is 671. The molecular weight excluding hydrogens is 350 g/mol. The summed E-state index contributed by atoms with van der Waals surface area (Å²) in [5.41, 5.74) is 0.422. The van der Waals surface area contributed by atoms with E-state index in [0.717, 1.165) is 5.56 Å². The first-order valence-electron chi connectivity index (χ1n) is 9.18. The van der Waals surface area contributed by atoms with E-state index < -0.39 is 29.8 Å². The second-order valence-electron chi connectivity index (χ2n) is 7.90. The number of amides is 1. The van der Waals surface area contributed by atoms with Gasteiger partial charge in [-0.2, -0.15) is 0 Å². The molecule has 0 unspecified atom stereocenters. The smallest absolute Gasteiger partial charge is 0.410 e. The van der Waals surface area contributed by atoms with E-state index in [1.165, 1.54) is 6.92 Å². The van der Waals surface area contributed by atoms with Gasteiger partial charge in [-0.15, -0.1) is 0 Å². The zero-order chi connectivity index (χ0) is 19.6. The fraction of sp³-hybridized carbons (Fsp3) is 0.600. The van der Waals surface area contributed by atoms with Crippen molar-refractivity contribution in [3.63, 3.8) is 0 Å². The van der Waals surface area contributed by atoms with E-state index in [1.807, 2.05) is 51.1 Å². The Morgan fingerprint density at radius 3 is 2.52 bits per heavy atom. The van der Waals surface area contributed by atoms with Crippen molar-refractivity contribution in [1.29, 1.82) is 0 Å². The summed E-state index contributed by atoms with van der Waals surface area (Å²) in [7, 11) is 0. The quantitative estimate of drug-likeness (QED) is 0.751. The third kappa shape index (κ3) is 4.78. The van der Waals surface area contributed by atoms with Gasteiger partial charge in [0.15, 0.2) is 0 Å². The Balaban J connectivity index is 1.73. The molecule has 3 rings (SSSR count). The van der Waals surface area contributed by atoms with Crippen molar-refractivity contribution in [1.82, 2.24) is 4.90 Å². The molecule has 2 saturated heterocycles. The van der Waals surface area contributed by atoms with Gasteiger partial charge < -0.3 is 18.9 Å². The SMILES string of the molecule is CC(=O)O[C@H]1CO[C@H]2[C@@H]1N(C(=O)OC(C)(C)C)C[C@H]2OCc1ccccc1. The maximum atomic E-state index is 12.7. The first-order chi connectivity index (χ1) is 12.7. The zero-order valence-corrected chi connectivity index (χ0v) is 16.2. The highest BCUT2D eigenvalue weighted by atomic mass is 16.6. The van der Waals surface area contributed by atoms with Crippen molar-refractivity contribution in [2.75, 3.05) is 13.2 Å². The molecule has 0 radical (unpaired) electrons. The summed E-state index contributed by atoms with van der Waals surface area (Å²) in [6.45, 7) is 7.78. The number of ether oxygens (including phenoxy) is 4. The summed E-state index contributed by atoms with van der Waals surface area (Å²) in [6.07, 6.45) is -1.65. The van der Waals surface area contributed by atoms with Gasteiger partial charge in [-0.05, 0) is 26.3 Å². The minimum Gasteiger partial charge on any atom is -0.458 e. The fourth-order valence-corrected chi connectivity index (χ4v) is 3.50. The van der Waals surface area contributed by atoms with Gasteiger partial charge in [0.05, 0.1) is 19.8 Å². The summed E-state index contributed by atoms with van der Waals surface area (Å²) in [5, 5.41) is 0. The lowest BCUT2D eigenvalue weighted by molar-refractivity contribution is -0.148. The molecule has 2 aliphatic rings. The minimum absolute atomic E-state index is 0.236. The number of benzene rings is 1. The third-order valence-electron chi connectivity index (χ3n) is 4.53. The van der Waals surface area contributed by atoms with Crippen LogP contribution >= 0.6 is 0 Å². The van der Waals surface area contributed by atoms with Gasteiger partial charge in [0, 0.05) is 6.92 Å². The molecule has 2 fully saturated rings. The van der Waals surface area contributed by atoms with E-state index >= 15 is 0 Å². The number of carbonyl (C=O) groups excluding carboxylic acids is 2. The Labute approximate surface area is 159 Å². The van der Waals surface area contributed by atoms with Crippen LogP contribution in [0.3, 0.4) is 0 Å². The van der Waals surface area contributed by atoms with Gasteiger partial charge in [-0.3, -0.25) is 9.69 Å². The molecule has 1 aromatic rings. The number of nitrogens with zero attached hydrogens (tertiary/aromatic N) is 1. The van der Waals surface area contributed by atoms with Crippen LogP contribution < -0.4 is 0 Å². The van der Waals surface area contributed by atoms with E-state index in [0.29, 0.717) is 13.2 Å². The second kappa shape index (κ2) is 7.86. The molecule has 2 heterocycles. The molecule has 7 heteroatoms. The number of fused-ring (bicyclic) bond motifs is 1. The molecule has 0 aromatic heterocycles. The largest absolute Gasteiger partial charge is 0.458 e. The van der Waals surface area contributed by atoms with Gasteiger partial charge in [0.2, 0.25) is 0 Å². The molecule has 2 aliphatic heterocycles. The van der Waals surface area contributed by atoms with Crippen molar-refractivity contribution in [3.05, 3.63) is 35.9 Å². The summed E-state index contributed by atoms with van der Waals surface area (Å²) in [4.78, 5) is 25.7. The lowest BCUT2D eigenvalue weighted by atomic mass is 10.1. The fourth-order valence-electron chi connectivity index (χ4n) is 3.50. The van der Waals surface area contributed by atoms with Gasteiger partial charge in [-0.25, -0.2) is 4.79 Å². The summed E-state index contributed by atoms with van der Waals surface area (Å²) >= 11 is 0. The van der Waals surface area contributed by atoms with Crippen molar-refractivity contribution < 1.29 is 28.5 Å². The van der Waals surface area contributed by atoms with E-state index in [2.05, 4.69) is 0 Å². The Hall–Kier alpha value is -2.12. The minimum atomic E-state index is -0.619. The number of hydrogen-bond donors (Lipinski definition) is 0. The first kappa shape index (κ1) is 19.6. The number of hydrogen-bond acceptors (Lipinski definition) is 6. The van der Waals surface area contributed by atoms with Crippen LogP contribution in [0.5, 0.6) is 0 Å². The van der Waals surface area contributed by atoms with Crippen LogP contribution in [0.25, 0.3) is 0 Å². The monoisotopic (exact) mass is 377 g/mol. The normalized spacial score (nSPS) is 27.3. The topological polar surface area (TPSA) is 74.3 Å². The number of carbonyl (C=O) groups is 2. The molecule has 4 atom stereocenters. The Morgan fingerprint density at radius 1 is 1.19 bits per heavy atom. The summed E-state index contributed by atoms with van der Waals surface area (Å²) in [6, 6.07) is 9.40. The molecule has 0 bridgehead atoms. The number of esters is 1. The maximum Gasteiger partial charge on any atom is 0.410 e. The highest BCUT2D eigenvalue weighted by Gasteiger charge is 2.55. The lowest BCUT2D eigenvalue weighted by Gasteiger charge is -2.29. The average Bonchev–Trinajstić information content (AvgIpc) is 3.13. The third-order valence-corrected chi connectivity index (χ3v) is 4.53. The molecule has 7 nitrogen and oxygen atoms in total. The van der Waals surface area contributed by atoms with E-state index in [1.54, 1.807) is 4.90 Å². The van der Waals surface area contributed by atoms with Crippen molar-refractivity contribution in [3.8, 4) is 0 Å². The number of rotatable bonds is 4. The molecule has 27 heavy (non-hydrogen) atoms. The summed E-state index contributed by atoms with van der Waals surface area (Å²) in [5.74, 6) is -0.401. The molecule has 148 valence electrons. The maximum absolute atomic E-state index is 12.7. The van der Waals surface area contributed by atoms with E-state index in [4.69, 9.17) is 18.9 Å². The first-order valence-corrected chi connectivity index (χ1v) is 9.18. The van der Waals surface area contributed by atoms with Crippen LogP contribution in [-0.2, 0) is 30.3 Å². The highest BCUT2D eigenvalue weighted by molar-refractivity contribution is 5.70. The van der Waals surface area contributed by atoms with Gasteiger partial charge >= 0.3 is 12.1 Å². The Morgan fingerprint density at radius 2 is 1.89 bits per heavy atom. The van der Waals surface area contributed by atoms with Gasteiger partial charge in [-0.1, -0.05) is 30.3 Å². The van der Waals surface area contributed by atoms with Crippen LogP contribution in [0.2, 0.25) is 0 Å². The highest BCUT2D eigenvalue weighted by Crippen LogP contribution is 2.34. The van der Waals surface area contributed by atoms with Crippen LogP contribution in [0.15, 0.2) is 30.3 Å². The predicted molar refractivity (Wildman–Crippen MR) is 97.0 cm³/mol. The molecule has 0 aliphatic carbocycles. The van der Waals surface area contributed by atoms with Crippen molar-refractivity contribution in [2.45, 2.75) is 64.3 Å². The molecule has 0 saturated carbocycles. The standard InChI is InChI=1S/C20H27NO6/c1-13(22)26-16-12-25-18-15(24-11-14-8-6-5-7-9-14)10-21(17(16)18)19(23)27-20(2,3)4/h5-9,15-18H,10-12H2,1-4H3/t15-,16+,17-,18-/m1/s1. The summed E-state index contributed by atoms with van der Waals surface area (Å²) < 4.78 is 22.8. The molecule has 0 spiro atoms. The van der Waals surface area contributed by atoms with E-state index in [9.17, 15) is 9.59 Å². The van der Waals surface area contributed by atoms with Crippen molar-refractivity contribution >= 4 is 12.1 Å². The average molecular weight is 377 g/mol. The zero-order valence-electron chi connectivity index (χ0n) is 16.2. The molecular formula is C20H27NO6. The second-order valence-corrected chi connectivity index (χ2v) is 7.90. The molecule has 1 amide bonds.